The van der Waals surface area contributed by atoms with E-state index in [4.69, 9.17) is 21.5 Å². The lowest BCUT2D eigenvalue weighted by atomic mass is 10.1. The van der Waals surface area contributed by atoms with Gasteiger partial charge >= 0.3 is 12.1 Å². The normalized spacial score (nSPS) is 15.0. The first kappa shape index (κ1) is 30.6. The van der Waals surface area contributed by atoms with Gasteiger partial charge in [0.15, 0.2) is 0 Å². The van der Waals surface area contributed by atoms with Crippen molar-refractivity contribution < 1.29 is 27.9 Å². The Balaban J connectivity index is 0.000000604. The summed E-state index contributed by atoms with van der Waals surface area (Å²) in [6.07, 6.45) is -2.58. The molecule has 1 saturated heterocycles. The molecular weight excluding hydrogens is 507 g/mol. The fourth-order valence-electron chi connectivity index (χ4n) is 3.75. The third-order valence-corrected chi connectivity index (χ3v) is 6.19. The summed E-state index contributed by atoms with van der Waals surface area (Å²) in [4.78, 5) is 26.5. The summed E-state index contributed by atoms with van der Waals surface area (Å²) in [6.45, 7) is 11.9. The molecule has 6 nitrogen and oxygen atoms in total. The van der Waals surface area contributed by atoms with Gasteiger partial charge in [-0.25, -0.2) is 4.79 Å². The van der Waals surface area contributed by atoms with E-state index in [9.17, 15) is 18.0 Å². The van der Waals surface area contributed by atoms with Crippen LogP contribution in [0.25, 0.3) is 0 Å². The van der Waals surface area contributed by atoms with E-state index in [-0.39, 0.29) is 5.91 Å². The highest BCUT2D eigenvalue weighted by Crippen LogP contribution is 2.14. The molecule has 1 aliphatic rings. The van der Waals surface area contributed by atoms with Gasteiger partial charge in [0.1, 0.15) is 0 Å². The van der Waals surface area contributed by atoms with Crippen molar-refractivity contribution in [1.82, 2.24) is 15.1 Å². The average molecular weight is 542 g/mol. The van der Waals surface area contributed by atoms with E-state index < -0.39 is 12.1 Å². The zero-order chi connectivity index (χ0) is 27.4. The lowest BCUT2D eigenvalue weighted by Gasteiger charge is -2.22. The number of hydrogen-bond donors (Lipinski definition) is 2. The number of carbonyl (C=O) groups excluding carboxylic acids is 1. The summed E-state index contributed by atoms with van der Waals surface area (Å²) in [5.74, 6) is -2.04. The Morgan fingerprint density at radius 2 is 1.49 bits per heavy atom. The molecule has 2 aromatic rings. The molecule has 0 spiro atoms. The molecule has 3 rings (SSSR count). The van der Waals surface area contributed by atoms with E-state index in [0.717, 1.165) is 37.7 Å². The van der Waals surface area contributed by atoms with Crippen molar-refractivity contribution >= 4 is 23.5 Å². The summed E-state index contributed by atoms with van der Waals surface area (Å²) < 4.78 is 31.7. The molecule has 0 unspecified atom stereocenters. The van der Waals surface area contributed by atoms with Crippen LogP contribution in [0.3, 0.4) is 0 Å². The number of nitrogens with zero attached hydrogens (tertiary/aromatic N) is 2. The number of carbonyl (C=O) groups is 2. The number of halogens is 4. The van der Waals surface area contributed by atoms with Crippen molar-refractivity contribution in [3.63, 3.8) is 0 Å². The lowest BCUT2D eigenvalue weighted by Crippen LogP contribution is -2.31. The standard InChI is InChI=1S/C25H34ClN3O.C2HF3O2/c1-20(2)12-15-28-13-3-14-29(17-16-28)19-22-4-8-23(9-5-22)25(30)27-18-21-6-10-24(26)11-7-21;3-2(4,5)1(6)7/h4-11,20H,3,12-19H2,1-2H3,(H,27,30);(H,6,7). The first-order valence-corrected chi connectivity index (χ1v) is 12.7. The third kappa shape index (κ3) is 12.0. The van der Waals surface area contributed by atoms with Gasteiger partial charge in [-0.2, -0.15) is 13.2 Å². The Bertz CT molecular complexity index is 983. The zero-order valence-electron chi connectivity index (χ0n) is 21.2. The molecule has 0 saturated carbocycles. The van der Waals surface area contributed by atoms with E-state index in [0.29, 0.717) is 17.1 Å². The van der Waals surface area contributed by atoms with Crippen molar-refractivity contribution in [2.75, 3.05) is 32.7 Å². The van der Waals surface area contributed by atoms with E-state index in [1.54, 1.807) is 0 Å². The fraction of sp³-hybridized carbons (Fsp3) is 0.481. The summed E-state index contributed by atoms with van der Waals surface area (Å²) >= 11 is 5.90. The summed E-state index contributed by atoms with van der Waals surface area (Å²) in [7, 11) is 0. The van der Waals surface area contributed by atoms with Crippen LogP contribution in [0.4, 0.5) is 13.2 Å². The zero-order valence-corrected chi connectivity index (χ0v) is 22.0. The third-order valence-electron chi connectivity index (χ3n) is 5.93. The van der Waals surface area contributed by atoms with Gasteiger partial charge in [0.2, 0.25) is 0 Å². The molecule has 0 bridgehead atoms. The van der Waals surface area contributed by atoms with E-state index in [1.165, 1.54) is 31.5 Å². The number of carboxylic acid groups (broad SMARTS) is 1. The Kier molecular flexibility index (Phi) is 12.4. The van der Waals surface area contributed by atoms with E-state index in [1.807, 2.05) is 36.4 Å². The molecule has 2 N–H and O–H groups in total. The largest absolute Gasteiger partial charge is 0.490 e. The average Bonchev–Trinajstić information content (AvgIpc) is 3.07. The van der Waals surface area contributed by atoms with Gasteiger partial charge in [0.25, 0.3) is 5.91 Å². The fourth-order valence-corrected chi connectivity index (χ4v) is 3.88. The first-order valence-electron chi connectivity index (χ1n) is 12.3. The maximum Gasteiger partial charge on any atom is 0.490 e. The molecule has 204 valence electrons. The monoisotopic (exact) mass is 541 g/mol. The molecule has 37 heavy (non-hydrogen) atoms. The van der Waals surface area contributed by atoms with Crippen molar-refractivity contribution in [1.29, 1.82) is 0 Å². The SMILES string of the molecule is CC(C)CCN1CCCN(Cc2ccc(C(=O)NCc3ccc(Cl)cc3)cc2)CC1.O=C(O)C(F)(F)F. The molecule has 0 atom stereocenters. The number of nitrogens with one attached hydrogen (secondary N) is 1. The first-order chi connectivity index (χ1) is 17.4. The van der Waals surface area contributed by atoms with Crippen LogP contribution < -0.4 is 5.32 Å². The van der Waals surface area contributed by atoms with Gasteiger partial charge in [-0.3, -0.25) is 9.69 Å². The quantitative estimate of drug-likeness (QED) is 0.464. The van der Waals surface area contributed by atoms with Crippen LogP contribution >= 0.6 is 11.6 Å². The van der Waals surface area contributed by atoms with Crippen LogP contribution in [0.1, 0.15) is 48.2 Å². The molecule has 1 fully saturated rings. The van der Waals surface area contributed by atoms with Crippen LogP contribution in [0.2, 0.25) is 5.02 Å². The number of hydrogen-bond acceptors (Lipinski definition) is 4. The van der Waals surface area contributed by atoms with Gasteiger partial charge in [0, 0.05) is 36.8 Å². The van der Waals surface area contributed by atoms with E-state index in [2.05, 4.69) is 41.1 Å². The molecule has 1 aliphatic heterocycles. The smallest absolute Gasteiger partial charge is 0.475 e. The topological polar surface area (TPSA) is 72.9 Å². The van der Waals surface area contributed by atoms with Crippen molar-refractivity contribution in [3.05, 3.63) is 70.2 Å². The van der Waals surface area contributed by atoms with Crippen molar-refractivity contribution in [2.24, 2.45) is 5.92 Å². The maximum atomic E-state index is 12.4. The molecule has 2 aromatic carbocycles. The molecule has 0 aromatic heterocycles. The number of aliphatic carboxylic acids is 1. The highest BCUT2D eigenvalue weighted by Gasteiger charge is 2.38. The second-order valence-electron chi connectivity index (χ2n) is 9.46. The van der Waals surface area contributed by atoms with Crippen LogP contribution in [-0.2, 0) is 17.9 Å². The Hall–Kier alpha value is -2.62. The number of carboxylic acids is 1. The van der Waals surface area contributed by atoms with E-state index >= 15 is 0 Å². The summed E-state index contributed by atoms with van der Waals surface area (Å²) in [5, 5.41) is 10.8. The second kappa shape index (κ2) is 15.0. The molecule has 10 heteroatoms. The highest BCUT2D eigenvalue weighted by atomic mass is 35.5. The van der Waals surface area contributed by atoms with Crippen LogP contribution in [0.15, 0.2) is 48.5 Å². The van der Waals surface area contributed by atoms with Crippen LogP contribution in [0, 0.1) is 5.92 Å². The number of benzene rings is 2. The predicted octanol–water partition coefficient (Wildman–Crippen LogP) is 5.46. The number of rotatable bonds is 8. The summed E-state index contributed by atoms with van der Waals surface area (Å²) in [5.41, 5.74) is 3.00. The molecular formula is C27H35ClF3N3O3. The minimum Gasteiger partial charge on any atom is -0.475 e. The maximum absolute atomic E-state index is 12.4. The Morgan fingerprint density at radius 3 is 2.05 bits per heavy atom. The molecule has 0 aliphatic carbocycles. The Labute approximate surface area is 221 Å². The number of amides is 1. The summed E-state index contributed by atoms with van der Waals surface area (Å²) in [6, 6.07) is 15.6. The van der Waals surface area contributed by atoms with Crippen LogP contribution in [-0.4, -0.2) is 65.7 Å². The highest BCUT2D eigenvalue weighted by molar-refractivity contribution is 6.30. The predicted molar refractivity (Wildman–Crippen MR) is 139 cm³/mol. The van der Waals surface area contributed by atoms with Gasteiger partial charge in [-0.1, -0.05) is 49.7 Å². The van der Waals surface area contributed by atoms with Crippen molar-refractivity contribution in [3.8, 4) is 0 Å². The van der Waals surface area contributed by atoms with Gasteiger partial charge in [-0.05, 0) is 73.8 Å². The molecule has 1 heterocycles. The van der Waals surface area contributed by atoms with Crippen LogP contribution in [0.5, 0.6) is 0 Å². The number of alkyl halides is 3. The minimum atomic E-state index is -5.08. The van der Waals surface area contributed by atoms with Gasteiger partial charge in [0.05, 0.1) is 0 Å². The van der Waals surface area contributed by atoms with Gasteiger partial charge < -0.3 is 15.3 Å². The molecule has 0 radical (unpaired) electrons. The van der Waals surface area contributed by atoms with Crippen molar-refractivity contribution in [2.45, 2.75) is 46.0 Å². The second-order valence-corrected chi connectivity index (χ2v) is 9.90. The minimum absolute atomic E-state index is 0.0490. The molecule has 1 amide bonds. The van der Waals surface area contributed by atoms with Gasteiger partial charge in [-0.15, -0.1) is 0 Å². The lowest BCUT2D eigenvalue weighted by molar-refractivity contribution is -0.192. The Morgan fingerprint density at radius 1 is 0.946 bits per heavy atom.